The molecule has 1 spiro atoms. The van der Waals surface area contributed by atoms with Crippen LogP contribution < -0.4 is 5.73 Å². The molecule has 15 heavy (non-hydrogen) atoms. The molecule has 2 fully saturated rings. The van der Waals surface area contributed by atoms with Crippen molar-refractivity contribution in [1.29, 1.82) is 0 Å². The van der Waals surface area contributed by atoms with Crippen LogP contribution in [-0.2, 0) is 4.79 Å². The second-order valence-corrected chi connectivity index (χ2v) is 5.87. The Morgan fingerprint density at radius 2 is 2.33 bits per heavy atom. The third kappa shape index (κ3) is 2.07. The first-order chi connectivity index (χ1) is 7.06. The van der Waals surface area contributed by atoms with Gasteiger partial charge in [0, 0.05) is 18.4 Å². The standard InChI is InChI=1S/C11H19BrN2O/c1-8(13)10(15)14-3-2-11(7-14)4-9(5-11)6-12/h8-9H,2-7,13H2,1H3/t8-,9?,11?/m1/s1. The van der Waals surface area contributed by atoms with E-state index in [1.54, 1.807) is 6.92 Å². The van der Waals surface area contributed by atoms with Gasteiger partial charge in [0.05, 0.1) is 6.04 Å². The number of nitrogens with two attached hydrogens (primary N) is 1. The van der Waals surface area contributed by atoms with Crippen LogP contribution in [0.3, 0.4) is 0 Å². The summed E-state index contributed by atoms with van der Waals surface area (Å²) in [6.07, 6.45) is 3.73. The summed E-state index contributed by atoms with van der Waals surface area (Å²) in [6, 6.07) is -0.341. The second kappa shape index (κ2) is 4.06. The quantitative estimate of drug-likeness (QED) is 0.773. The maximum absolute atomic E-state index is 11.7. The topological polar surface area (TPSA) is 46.3 Å². The lowest BCUT2D eigenvalue weighted by atomic mass is 9.62. The van der Waals surface area contributed by atoms with E-state index in [2.05, 4.69) is 15.9 Å². The van der Waals surface area contributed by atoms with Crippen LogP contribution in [0.25, 0.3) is 0 Å². The number of alkyl halides is 1. The Bertz CT molecular complexity index is 261. The number of carbonyl (C=O) groups excluding carboxylic acids is 1. The first-order valence-electron chi connectivity index (χ1n) is 5.67. The number of amides is 1. The molecule has 0 radical (unpaired) electrons. The first-order valence-corrected chi connectivity index (χ1v) is 6.79. The average molecular weight is 275 g/mol. The molecule has 0 aromatic rings. The van der Waals surface area contributed by atoms with E-state index in [1.165, 1.54) is 19.3 Å². The predicted molar refractivity (Wildman–Crippen MR) is 63.8 cm³/mol. The van der Waals surface area contributed by atoms with E-state index < -0.39 is 0 Å². The predicted octanol–water partition coefficient (Wildman–Crippen LogP) is 1.36. The Balaban J connectivity index is 1.88. The molecular formula is C11H19BrN2O. The number of likely N-dealkylation sites (tertiary alicyclic amines) is 1. The van der Waals surface area contributed by atoms with E-state index in [9.17, 15) is 4.79 Å². The van der Waals surface area contributed by atoms with E-state index in [0.717, 1.165) is 24.3 Å². The lowest BCUT2D eigenvalue weighted by molar-refractivity contribution is -0.132. The zero-order valence-electron chi connectivity index (χ0n) is 9.21. The molecule has 1 saturated heterocycles. The van der Waals surface area contributed by atoms with Crippen molar-refractivity contribution in [3.8, 4) is 0 Å². The van der Waals surface area contributed by atoms with Crippen LogP contribution in [0.4, 0.5) is 0 Å². The van der Waals surface area contributed by atoms with Gasteiger partial charge < -0.3 is 10.6 Å². The fraction of sp³-hybridized carbons (Fsp3) is 0.909. The largest absolute Gasteiger partial charge is 0.341 e. The number of hydrogen-bond donors (Lipinski definition) is 1. The zero-order valence-corrected chi connectivity index (χ0v) is 10.8. The van der Waals surface area contributed by atoms with Gasteiger partial charge in [-0.15, -0.1) is 0 Å². The zero-order chi connectivity index (χ0) is 11.1. The van der Waals surface area contributed by atoms with E-state index in [-0.39, 0.29) is 11.9 Å². The highest BCUT2D eigenvalue weighted by atomic mass is 79.9. The molecule has 0 aromatic carbocycles. The molecule has 0 bridgehead atoms. The summed E-state index contributed by atoms with van der Waals surface area (Å²) >= 11 is 3.52. The van der Waals surface area contributed by atoms with E-state index in [1.807, 2.05) is 4.90 Å². The van der Waals surface area contributed by atoms with Gasteiger partial charge >= 0.3 is 0 Å². The highest BCUT2D eigenvalue weighted by molar-refractivity contribution is 9.09. The molecule has 0 aromatic heterocycles. The molecule has 1 heterocycles. The maximum atomic E-state index is 11.7. The van der Waals surface area contributed by atoms with Gasteiger partial charge in [-0.1, -0.05) is 15.9 Å². The number of rotatable bonds is 2. The van der Waals surface area contributed by atoms with Crippen molar-refractivity contribution in [2.24, 2.45) is 17.1 Å². The van der Waals surface area contributed by atoms with Crippen LogP contribution in [0.2, 0.25) is 0 Å². The van der Waals surface area contributed by atoms with Gasteiger partial charge in [-0.2, -0.15) is 0 Å². The molecule has 86 valence electrons. The molecular weight excluding hydrogens is 256 g/mol. The molecule has 2 rings (SSSR count). The molecule has 1 atom stereocenters. The van der Waals surface area contributed by atoms with Crippen molar-refractivity contribution >= 4 is 21.8 Å². The van der Waals surface area contributed by atoms with Crippen molar-refractivity contribution in [3.05, 3.63) is 0 Å². The van der Waals surface area contributed by atoms with Crippen LogP contribution in [0, 0.1) is 11.3 Å². The summed E-state index contributed by atoms with van der Waals surface area (Å²) in [4.78, 5) is 13.7. The van der Waals surface area contributed by atoms with Gasteiger partial charge in [0.2, 0.25) is 5.91 Å². The SMILES string of the molecule is C[C@@H](N)C(=O)N1CCC2(CC(CBr)C2)C1. The minimum Gasteiger partial charge on any atom is -0.341 e. The third-order valence-electron chi connectivity index (χ3n) is 3.80. The average Bonchev–Trinajstić information content (AvgIpc) is 2.58. The molecule has 1 aliphatic carbocycles. The normalized spacial score (nSPS) is 36.7. The van der Waals surface area contributed by atoms with Gasteiger partial charge in [0.1, 0.15) is 0 Å². The van der Waals surface area contributed by atoms with Crippen molar-refractivity contribution in [2.75, 3.05) is 18.4 Å². The minimum atomic E-state index is -0.341. The van der Waals surface area contributed by atoms with Crippen LogP contribution in [0.1, 0.15) is 26.2 Å². The fourth-order valence-electron chi connectivity index (χ4n) is 3.02. The molecule has 3 nitrogen and oxygen atoms in total. The van der Waals surface area contributed by atoms with Gasteiger partial charge in [-0.05, 0) is 37.5 Å². The van der Waals surface area contributed by atoms with Crippen molar-refractivity contribution < 1.29 is 4.79 Å². The van der Waals surface area contributed by atoms with Crippen molar-refractivity contribution in [2.45, 2.75) is 32.2 Å². The highest BCUT2D eigenvalue weighted by Gasteiger charge is 2.48. The Morgan fingerprint density at radius 1 is 1.67 bits per heavy atom. The van der Waals surface area contributed by atoms with E-state index in [0.29, 0.717) is 5.41 Å². The summed E-state index contributed by atoms with van der Waals surface area (Å²) in [5, 5.41) is 1.11. The molecule has 1 aliphatic heterocycles. The molecule has 2 N–H and O–H groups in total. The lowest BCUT2D eigenvalue weighted by Gasteiger charge is -2.44. The lowest BCUT2D eigenvalue weighted by Crippen LogP contribution is -2.45. The van der Waals surface area contributed by atoms with Crippen LogP contribution in [0.5, 0.6) is 0 Å². The van der Waals surface area contributed by atoms with Gasteiger partial charge in [0.25, 0.3) is 0 Å². The van der Waals surface area contributed by atoms with E-state index in [4.69, 9.17) is 5.73 Å². The molecule has 1 saturated carbocycles. The summed E-state index contributed by atoms with van der Waals surface area (Å²) in [6.45, 7) is 3.63. The number of halogens is 1. The Morgan fingerprint density at radius 3 is 2.87 bits per heavy atom. The summed E-state index contributed by atoms with van der Waals surface area (Å²) in [5.41, 5.74) is 6.07. The highest BCUT2D eigenvalue weighted by Crippen LogP contribution is 2.52. The Kier molecular flexibility index (Phi) is 3.08. The molecule has 1 amide bonds. The van der Waals surface area contributed by atoms with Crippen LogP contribution in [0.15, 0.2) is 0 Å². The molecule has 2 aliphatic rings. The third-order valence-corrected chi connectivity index (χ3v) is 4.72. The number of hydrogen-bond acceptors (Lipinski definition) is 2. The smallest absolute Gasteiger partial charge is 0.239 e. The Labute approximate surface area is 99.5 Å². The Hall–Kier alpha value is -0.0900. The molecule has 4 heteroatoms. The van der Waals surface area contributed by atoms with Gasteiger partial charge in [-0.3, -0.25) is 4.79 Å². The van der Waals surface area contributed by atoms with Crippen LogP contribution >= 0.6 is 15.9 Å². The monoisotopic (exact) mass is 274 g/mol. The van der Waals surface area contributed by atoms with Crippen LogP contribution in [-0.4, -0.2) is 35.3 Å². The van der Waals surface area contributed by atoms with Gasteiger partial charge in [0.15, 0.2) is 0 Å². The fourth-order valence-corrected chi connectivity index (χ4v) is 3.48. The second-order valence-electron chi connectivity index (χ2n) is 5.23. The summed E-state index contributed by atoms with van der Waals surface area (Å²) < 4.78 is 0. The van der Waals surface area contributed by atoms with Crippen molar-refractivity contribution in [1.82, 2.24) is 4.90 Å². The maximum Gasteiger partial charge on any atom is 0.239 e. The summed E-state index contributed by atoms with van der Waals surface area (Å²) in [5.74, 6) is 0.949. The first kappa shape index (κ1) is 11.4. The summed E-state index contributed by atoms with van der Waals surface area (Å²) in [7, 11) is 0. The van der Waals surface area contributed by atoms with E-state index >= 15 is 0 Å². The molecule has 0 unspecified atom stereocenters. The number of carbonyl (C=O) groups is 1. The van der Waals surface area contributed by atoms with Gasteiger partial charge in [-0.25, -0.2) is 0 Å². The minimum absolute atomic E-state index is 0.120. The number of nitrogens with zero attached hydrogens (tertiary/aromatic N) is 1. The van der Waals surface area contributed by atoms with Crippen molar-refractivity contribution in [3.63, 3.8) is 0 Å².